The first-order valence-corrected chi connectivity index (χ1v) is 6.72. The van der Waals surface area contributed by atoms with Gasteiger partial charge in [0.15, 0.2) is 0 Å². The van der Waals surface area contributed by atoms with E-state index >= 15 is 0 Å². The van der Waals surface area contributed by atoms with Gasteiger partial charge in [-0.3, -0.25) is 0 Å². The van der Waals surface area contributed by atoms with Gasteiger partial charge in [0.1, 0.15) is 5.57 Å². The number of rotatable bonds is 5. The van der Waals surface area contributed by atoms with Crippen LogP contribution in [-0.2, 0) is 9.53 Å². The molecule has 0 amide bonds. The van der Waals surface area contributed by atoms with E-state index in [0.717, 1.165) is 24.8 Å². The molecule has 0 saturated heterocycles. The fourth-order valence-electron chi connectivity index (χ4n) is 1.51. The predicted octanol–water partition coefficient (Wildman–Crippen LogP) is 3.72. The second kappa shape index (κ2) is 8.99. The Morgan fingerprint density at radius 2 is 2.00 bits per heavy atom. The number of unbranched alkanes of at least 4 members (excludes halogenated alkanes) is 2. The summed E-state index contributed by atoms with van der Waals surface area (Å²) in [7, 11) is 0. The van der Waals surface area contributed by atoms with Crippen molar-refractivity contribution in [1.82, 2.24) is 0 Å². The minimum absolute atomic E-state index is 0.331. The third-order valence-corrected chi connectivity index (χ3v) is 2.52. The fraction of sp³-hybridized carbons (Fsp3) is 0.353. The number of carbonyl (C=O) groups excluding carboxylic acids is 1. The van der Waals surface area contributed by atoms with Crippen LogP contribution in [0.1, 0.15) is 38.7 Å². The van der Waals surface area contributed by atoms with E-state index in [0.29, 0.717) is 12.2 Å². The Hall–Kier alpha value is -2.01. The fourth-order valence-corrected chi connectivity index (χ4v) is 1.51. The zero-order valence-corrected chi connectivity index (χ0v) is 11.6. The van der Waals surface area contributed by atoms with Crippen molar-refractivity contribution in [3.05, 3.63) is 47.5 Å². The maximum absolute atomic E-state index is 11.8. The zero-order valence-electron chi connectivity index (χ0n) is 11.6. The number of hydrogen-bond donors (Lipinski definition) is 0. The molecule has 100 valence electrons. The number of ether oxygens (including phenoxy) is 1. The first kappa shape index (κ1) is 15.0. The topological polar surface area (TPSA) is 26.3 Å². The highest BCUT2D eigenvalue weighted by Gasteiger charge is 2.06. The minimum Gasteiger partial charge on any atom is -0.462 e. The summed E-state index contributed by atoms with van der Waals surface area (Å²) in [4.78, 5) is 11.8. The summed E-state index contributed by atoms with van der Waals surface area (Å²) >= 11 is 0. The van der Waals surface area contributed by atoms with E-state index in [1.165, 1.54) is 0 Å². The SMILES string of the molecule is CCCC/C=C(/C#Cc1ccccc1)C(=O)OCC. The number of carbonyl (C=O) groups is 1. The van der Waals surface area contributed by atoms with Crippen molar-refractivity contribution in [2.75, 3.05) is 6.61 Å². The van der Waals surface area contributed by atoms with Crippen LogP contribution in [0.15, 0.2) is 42.0 Å². The van der Waals surface area contributed by atoms with Crippen molar-refractivity contribution in [2.45, 2.75) is 33.1 Å². The number of benzene rings is 1. The van der Waals surface area contributed by atoms with Crippen molar-refractivity contribution < 1.29 is 9.53 Å². The number of esters is 1. The average Bonchev–Trinajstić information content (AvgIpc) is 2.44. The van der Waals surface area contributed by atoms with E-state index in [9.17, 15) is 4.79 Å². The highest BCUT2D eigenvalue weighted by atomic mass is 16.5. The Morgan fingerprint density at radius 3 is 2.63 bits per heavy atom. The summed E-state index contributed by atoms with van der Waals surface area (Å²) in [5, 5.41) is 0. The van der Waals surface area contributed by atoms with E-state index in [1.54, 1.807) is 6.92 Å². The molecule has 0 N–H and O–H groups in total. The van der Waals surface area contributed by atoms with Crippen LogP contribution in [0.3, 0.4) is 0 Å². The summed E-state index contributed by atoms with van der Waals surface area (Å²) < 4.78 is 5.01. The molecule has 0 unspecified atom stereocenters. The standard InChI is InChI=1S/C17H20O2/c1-3-5-7-12-16(17(18)19-4-2)14-13-15-10-8-6-9-11-15/h6,8-12H,3-5,7H2,1-2H3/b16-12-. The molecule has 19 heavy (non-hydrogen) atoms. The van der Waals surface area contributed by atoms with Crippen molar-refractivity contribution in [2.24, 2.45) is 0 Å². The molecule has 0 aliphatic rings. The molecular weight excluding hydrogens is 236 g/mol. The van der Waals surface area contributed by atoms with E-state index in [1.807, 2.05) is 36.4 Å². The van der Waals surface area contributed by atoms with Gasteiger partial charge in [0.05, 0.1) is 6.61 Å². The molecule has 0 saturated carbocycles. The average molecular weight is 256 g/mol. The Labute approximate surface area is 115 Å². The lowest BCUT2D eigenvalue weighted by Gasteiger charge is -2.00. The monoisotopic (exact) mass is 256 g/mol. The van der Waals surface area contributed by atoms with Crippen LogP contribution >= 0.6 is 0 Å². The molecular formula is C17H20O2. The Kier molecular flexibility index (Phi) is 7.12. The van der Waals surface area contributed by atoms with Crippen molar-refractivity contribution in [3.63, 3.8) is 0 Å². The van der Waals surface area contributed by atoms with Gasteiger partial charge in [-0.05, 0) is 25.5 Å². The normalized spacial score (nSPS) is 10.5. The maximum Gasteiger partial charge on any atom is 0.346 e. The van der Waals surface area contributed by atoms with E-state index in [2.05, 4.69) is 18.8 Å². The van der Waals surface area contributed by atoms with Crippen molar-refractivity contribution in [1.29, 1.82) is 0 Å². The van der Waals surface area contributed by atoms with Gasteiger partial charge in [-0.2, -0.15) is 0 Å². The molecule has 0 bridgehead atoms. The molecule has 0 heterocycles. The van der Waals surface area contributed by atoms with Gasteiger partial charge in [0.25, 0.3) is 0 Å². The lowest BCUT2D eigenvalue weighted by Crippen LogP contribution is -2.06. The lowest BCUT2D eigenvalue weighted by molar-refractivity contribution is -0.138. The predicted molar refractivity (Wildman–Crippen MR) is 77.6 cm³/mol. The van der Waals surface area contributed by atoms with Crippen LogP contribution in [0.5, 0.6) is 0 Å². The molecule has 0 aliphatic carbocycles. The van der Waals surface area contributed by atoms with Gasteiger partial charge in [-0.1, -0.05) is 55.9 Å². The van der Waals surface area contributed by atoms with Crippen LogP contribution in [0.25, 0.3) is 0 Å². The second-order valence-corrected chi connectivity index (χ2v) is 4.10. The molecule has 0 radical (unpaired) electrons. The minimum atomic E-state index is -0.331. The number of allylic oxidation sites excluding steroid dienone is 1. The first-order chi connectivity index (χ1) is 9.27. The molecule has 0 aliphatic heterocycles. The lowest BCUT2D eigenvalue weighted by atomic mass is 10.1. The zero-order chi connectivity index (χ0) is 13.9. The van der Waals surface area contributed by atoms with Gasteiger partial charge < -0.3 is 4.74 Å². The molecule has 0 atom stereocenters. The van der Waals surface area contributed by atoms with E-state index in [4.69, 9.17) is 4.74 Å². The van der Waals surface area contributed by atoms with Gasteiger partial charge >= 0.3 is 5.97 Å². The van der Waals surface area contributed by atoms with E-state index in [-0.39, 0.29) is 5.97 Å². The molecule has 2 heteroatoms. The Bertz CT molecular complexity index is 475. The smallest absolute Gasteiger partial charge is 0.346 e. The Morgan fingerprint density at radius 1 is 1.26 bits per heavy atom. The summed E-state index contributed by atoms with van der Waals surface area (Å²) in [5.74, 6) is 5.58. The largest absolute Gasteiger partial charge is 0.462 e. The van der Waals surface area contributed by atoms with Crippen molar-refractivity contribution in [3.8, 4) is 11.8 Å². The van der Waals surface area contributed by atoms with Crippen LogP contribution in [0.4, 0.5) is 0 Å². The quantitative estimate of drug-likeness (QED) is 0.347. The Balaban J connectivity index is 2.82. The molecule has 1 rings (SSSR count). The molecule has 0 spiro atoms. The molecule has 0 aromatic heterocycles. The van der Waals surface area contributed by atoms with Gasteiger partial charge in [0, 0.05) is 5.56 Å². The number of hydrogen-bond acceptors (Lipinski definition) is 2. The molecule has 2 nitrogen and oxygen atoms in total. The molecule has 1 aromatic carbocycles. The maximum atomic E-state index is 11.8. The van der Waals surface area contributed by atoms with Gasteiger partial charge in [0.2, 0.25) is 0 Å². The molecule has 0 fully saturated rings. The van der Waals surface area contributed by atoms with Crippen LogP contribution in [-0.4, -0.2) is 12.6 Å². The highest BCUT2D eigenvalue weighted by Crippen LogP contribution is 2.04. The van der Waals surface area contributed by atoms with Crippen molar-refractivity contribution >= 4 is 5.97 Å². The summed E-state index contributed by atoms with van der Waals surface area (Å²) in [5.41, 5.74) is 1.35. The van der Waals surface area contributed by atoms with Crippen LogP contribution in [0, 0.1) is 11.8 Å². The van der Waals surface area contributed by atoms with Gasteiger partial charge in [-0.15, -0.1) is 0 Å². The van der Waals surface area contributed by atoms with Gasteiger partial charge in [-0.25, -0.2) is 4.79 Å². The molecule has 1 aromatic rings. The second-order valence-electron chi connectivity index (χ2n) is 4.10. The van der Waals surface area contributed by atoms with E-state index < -0.39 is 0 Å². The summed E-state index contributed by atoms with van der Waals surface area (Å²) in [6, 6.07) is 9.63. The highest BCUT2D eigenvalue weighted by molar-refractivity contribution is 5.93. The summed E-state index contributed by atoms with van der Waals surface area (Å²) in [6.45, 7) is 4.29. The summed E-state index contributed by atoms with van der Waals surface area (Å²) in [6.07, 6.45) is 4.88. The van der Waals surface area contributed by atoms with Crippen LogP contribution in [0.2, 0.25) is 0 Å². The third kappa shape index (κ3) is 5.92. The third-order valence-electron chi connectivity index (χ3n) is 2.52. The van der Waals surface area contributed by atoms with Crippen LogP contribution < -0.4 is 0 Å². The first-order valence-electron chi connectivity index (χ1n) is 6.72.